The molecule has 1 N–H and O–H groups in total. The van der Waals surface area contributed by atoms with E-state index < -0.39 is 16.0 Å². The molecule has 0 amide bonds. The maximum Gasteiger partial charge on any atom is 0.307 e. The van der Waals surface area contributed by atoms with E-state index in [0.29, 0.717) is 10.6 Å². The Balaban J connectivity index is 1.76. The van der Waals surface area contributed by atoms with Gasteiger partial charge in [-0.25, -0.2) is 13.1 Å². The van der Waals surface area contributed by atoms with Crippen molar-refractivity contribution in [3.63, 3.8) is 0 Å². The SMILES string of the molecule is O=C(CCNS(=O)(=O)c1ccc(Cl)cc1)OCC(=O)c1ccccc1. The highest BCUT2D eigenvalue weighted by molar-refractivity contribution is 7.89. The minimum atomic E-state index is -3.73. The maximum absolute atomic E-state index is 12.0. The number of Topliss-reactive ketones (excluding diaryl/α,β-unsaturated/α-hetero) is 1. The Kier molecular flexibility index (Phi) is 6.69. The van der Waals surface area contributed by atoms with Crippen molar-refractivity contribution < 1.29 is 22.7 Å². The molecule has 0 heterocycles. The van der Waals surface area contributed by atoms with Crippen LogP contribution < -0.4 is 4.72 Å². The first-order chi connectivity index (χ1) is 11.9. The molecule has 2 rings (SSSR count). The Labute approximate surface area is 150 Å². The number of hydrogen-bond acceptors (Lipinski definition) is 5. The lowest BCUT2D eigenvalue weighted by Gasteiger charge is -2.07. The van der Waals surface area contributed by atoms with Gasteiger partial charge in [-0.3, -0.25) is 9.59 Å². The molecule has 25 heavy (non-hydrogen) atoms. The van der Waals surface area contributed by atoms with E-state index >= 15 is 0 Å². The van der Waals surface area contributed by atoms with Crippen molar-refractivity contribution in [2.45, 2.75) is 11.3 Å². The lowest BCUT2D eigenvalue weighted by Crippen LogP contribution is -2.27. The van der Waals surface area contributed by atoms with Gasteiger partial charge in [0.25, 0.3) is 0 Å². The highest BCUT2D eigenvalue weighted by Crippen LogP contribution is 2.13. The van der Waals surface area contributed by atoms with Crippen molar-refractivity contribution in [3.8, 4) is 0 Å². The van der Waals surface area contributed by atoms with E-state index in [1.54, 1.807) is 30.3 Å². The second-order valence-electron chi connectivity index (χ2n) is 5.05. The fourth-order valence-corrected chi connectivity index (χ4v) is 3.07. The van der Waals surface area contributed by atoms with E-state index in [4.69, 9.17) is 16.3 Å². The van der Waals surface area contributed by atoms with Gasteiger partial charge in [-0.05, 0) is 24.3 Å². The average molecular weight is 382 g/mol. The molecule has 0 aromatic heterocycles. The molecule has 0 aliphatic heterocycles. The molecule has 0 radical (unpaired) electrons. The van der Waals surface area contributed by atoms with E-state index in [1.165, 1.54) is 24.3 Å². The summed E-state index contributed by atoms with van der Waals surface area (Å²) in [5.41, 5.74) is 0.443. The van der Waals surface area contributed by atoms with Crippen LogP contribution in [0.2, 0.25) is 5.02 Å². The Morgan fingerprint density at radius 3 is 2.28 bits per heavy atom. The number of ether oxygens (including phenoxy) is 1. The number of ketones is 1. The minimum Gasteiger partial charge on any atom is -0.457 e. The Morgan fingerprint density at radius 1 is 1.00 bits per heavy atom. The summed E-state index contributed by atoms with van der Waals surface area (Å²) in [6, 6.07) is 14.1. The van der Waals surface area contributed by atoms with Crippen LogP contribution in [0.4, 0.5) is 0 Å². The molecule has 0 saturated heterocycles. The smallest absolute Gasteiger partial charge is 0.307 e. The normalized spacial score (nSPS) is 11.1. The van der Waals surface area contributed by atoms with Crippen LogP contribution >= 0.6 is 11.6 Å². The molecule has 0 aliphatic carbocycles. The topological polar surface area (TPSA) is 89.5 Å². The molecular formula is C17H16ClNO5S. The average Bonchev–Trinajstić information content (AvgIpc) is 2.60. The summed E-state index contributed by atoms with van der Waals surface area (Å²) in [5.74, 6) is -0.987. The van der Waals surface area contributed by atoms with Crippen LogP contribution in [0.15, 0.2) is 59.5 Å². The Morgan fingerprint density at radius 2 is 1.64 bits per heavy atom. The first kappa shape index (κ1) is 19.1. The van der Waals surface area contributed by atoms with Crippen LogP contribution in [0.25, 0.3) is 0 Å². The van der Waals surface area contributed by atoms with Crippen LogP contribution in [-0.2, 0) is 19.6 Å². The Hall–Kier alpha value is -2.22. The van der Waals surface area contributed by atoms with Crippen LogP contribution in [0, 0.1) is 0 Å². The lowest BCUT2D eigenvalue weighted by molar-refractivity contribution is -0.142. The fourth-order valence-electron chi connectivity index (χ4n) is 1.91. The Bertz CT molecular complexity index is 835. The summed E-state index contributed by atoms with van der Waals surface area (Å²) in [7, 11) is -3.73. The quantitative estimate of drug-likeness (QED) is 0.560. The van der Waals surface area contributed by atoms with Gasteiger partial charge in [-0.2, -0.15) is 0 Å². The van der Waals surface area contributed by atoms with E-state index in [0.717, 1.165) is 0 Å². The van der Waals surface area contributed by atoms with Crippen molar-refractivity contribution in [3.05, 3.63) is 65.2 Å². The molecule has 0 fully saturated rings. The monoisotopic (exact) mass is 381 g/mol. The van der Waals surface area contributed by atoms with Gasteiger partial charge < -0.3 is 4.74 Å². The third-order valence-corrected chi connectivity index (χ3v) is 4.93. The molecule has 8 heteroatoms. The van der Waals surface area contributed by atoms with Gasteiger partial charge >= 0.3 is 5.97 Å². The summed E-state index contributed by atoms with van der Waals surface area (Å²) in [6.45, 7) is -0.518. The highest BCUT2D eigenvalue weighted by atomic mass is 35.5. The number of halogens is 1. The van der Waals surface area contributed by atoms with Gasteiger partial charge in [0, 0.05) is 17.1 Å². The van der Waals surface area contributed by atoms with Gasteiger partial charge in [-0.1, -0.05) is 41.9 Å². The summed E-state index contributed by atoms with van der Waals surface area (Å²) < 4.78 is 31.2. The number of nitrogens with one attached hydrogen (secondary N) is 1. The molecule has 2 aromatic carbocycles. The summed E-state index contributed by atoms with van der Waals surface area (Å²) >= 11 is 5.71. The minimum absolute atomic E-state index is 0.0459. The third kappa shape index (κ3) is 5.97. The van der Waals surface area contributed by atoms with Gasteiger partial charge in [0.05, 0.1) is 11.3 Å². The summed E-state index contributed by atoms with van der Waals surface area (Å²) in [4.78, 5) is 23.5. The highest BCUT2D eigenvalue weighted by Gasteiger charge is 2.15. The molecule has 0 atom stereocenters. The number of rotatable bonds is 8. The first-order valence-electron chi connectivity index (χ1n) is 7.37. The third-order valence-electron chi connectivity index (χ3n) is 3.21. The summed E-state index contributed by atoms with van der Waals surface area (Å²) in [5, 5.41) is 0.422. The second kappa shape index (κ2) is 8.75. The molecule has 0 saturated carbocycles. The van der Waals surface area contributed by atoms with E-state index in [2.05, 4.69) is 4.72 Å². The van der Waals surface area contributed by atoms with Crippen LogP contribution in [0.3, 0.4) is 0 Å². The molecule has 2 aromatic rings. The van der Waals surface area contributed by atoms with E-state index in [9.17, 15) is 18.0 Å². The number of carbonyl (C=O) groups excluding carboxylic acids is 2. The first-order valence-corrected chi connectivity index (χ1v) is 9.24. The number of esters is 1. The predicted octanol–water partition coefficient (Wildman–Crippen LogP) is 2.43. The van der Waals surface area contributed by atoms with Crippen LogP contribution in [0.5, 0.6) is 0 Å². The van der Waals surface area contributed by atoms with Gasteiger partial charge in [0.1, 0.15) is 0 Å². The standard InChI is InChI=1S/C17H16ClNO5S/c18-14-6-8-15(9-7-14)25(22,23)19-11-10-17(21)24-12-16(20)13-4-2-1-3-5-13/h1-9,19H,10-12H2. The molecular weight excluding hydrogens is 366 g/mol. The molecule has 6 nitrogen and oxygen atoms in total. The second-order valence-corrected chi connectivity index (χ2v) is 7.25. The summed E-state index contributed by atoms with van der Waals surface area (Å²) in [6.07, 6.45) is -0.186. The van der Waals surface area contributed by atoms with Crippen molar-refractivity contribution in [1.82, 2.24) is 4.72 Å². The van der Waals surface area contributed by atoms with Crippen molar-refractivity contribution in [2.75, 3.05) is 13.2 Å². The van der Waals surface area contributed by atoms with Crippen molar-refractivity contribution >= 4 is 33.4 Å². The molecule has 0 spiro atoms. The lowest BCUT2D eigenvalue weighted by atomic mass is 10.1. The van der Waals surface area contributed by atoms with Crippen molar-refractivity contribution in [2.24, 2.45) is 0 Å². The largest absolute Gasteiger partial charge is 0.457 e. The molecule has 132 valence electrons. The number of carbonyl (C=O) groups is 2. The number of benzene rings is 2. The zero-order chi connectivity index (χ0) is 18.3. The van der Waals surface area contributed by atoms with Crippen LogP contribution in [0.1, 0.15) is 16.8 Å². The van der Waals surface area contributed by atoms with Gasteiger partial charge in [-0.15, -0.1) is 0 Å². The molecule has 0 unspecified atom stereocenters. The van der Waals surface area contributed by atoms with Crippen LogP contribution in [-0.4, -0.2) is 33.3 Å². The number of hydrogen-bond donors (Lipinski definition) is 1. The number of sulfonamides is 1. The van der Waals surface area contributed by atoms with Crippen molar-refractivity contribution in [1.29, 1.82) is 0 Å². The zero-order valence-corrected chi connectivity index (χ0v) is 14.7. The maximum atomic E-state index is 12.0. The molecule has 0 bridgehead atoms. The molecule has 0 aliphatic rings. The fraction of sp³-hybridized carbons (Fsp3) is 0.176. The van der Waals surface area contributed by atoms with E-state index in [1.807, 2.05) is 0 Å². The van der Waals surface area contributed by atoms with Gasteiger partial charge in [0.15, 0.2) is 12.4 Å². The predicted molar refractivity (Wildman–Crippen MR) is 93.0 cm³/mol. The van der Waals surface area contributed by atoms with Gasteiger partial charge in [0.2, 0.25) is 10.0 Å². The van der Waals surface area contributed by atoms with E-state index in [-0.39, 0.29) is 30.3 Å². The zero-order valence-electron chi connectivity index (χ0n) is 13.1.